The van der Waals surface area contributed by atoms with Crippen molar-refractivity contribution in [2.75, 3.05) is 17.6 Å². The van der Waals surface area contributed by atoms with Crippen LogP contribution in [0.15, 0.2) is 42.5 Å². The van der Waals surface area contributed by atoms with Gasteiger partial charge >= 0.3 is 0 Å². The van der Waals surface area contributed by atoms with Crippen LogP contribution in [0.4, 0.5) is 15.2 Å². The standard InChI is InChI=1S/C15H14FN3S/c16-12-4-2-1-3-10(12)7-8-18-15-19-13-6-5-11(17)9-14(13)20-15/h1-6,9H,7-8,17H2,(H,18,19). The fraction of sp³-hybridized carbons (Fsp3) is 0.133. The van der Waals surface area contributed by atoms with E-state index in [9.17, 15) is 4.39 Å². The second kappa shape index (κ2) is 5.46. The van der Waals surface area contributed by atoms with E-state index in [4.69, 9.17) is 5.73 Å². The average Bonchev–Trinajstić information content (AvgIpc) is 2.83. The molecule has 0 saturated carbocycles. The molecule has 3 nitrogen and oxygen atoms in total. The number of nitrogens with two attached hydrogens (primary N) is 1. The number of hydrogen-bond acceptors (Lipinski definition) is 4. The fourth-order valence-electron chi connectivity index (χ4n) is 2.02. The van der Waals surface area contributed by atoms with Crippen LogP contribution in [-0.4, -0.2) is 11.5 Å². The normalized spacial score (nSPS) is 10.8. The SMILES string of the molecule is Nc1ccc2nc(NCCc3ccccc3F)sc2c1. The zero-order valence-corrected chi connectivity index (χ0v) is 11.6. The minimum absolute atomic E-state index is 0.161. The molecule has 5 heteroatoms. The molecule has 0 aliphatic heterocycles. The number of nitrogens with zero attached hydrogens (tertiary/aromatic N) is 1. The number of halogens is 1. The monoisotopic (exact) mass is 287 g/mol. The van der Waals surface area contributed by atoms with E-state index < -0.39 is 0 Å². The molecule has 0 radical (unpaired) electrons. The van der Waals surface area contributed by atoms with Crippen molar-refractivity contribution in [1.29, 1.82) is 0 Å². The minimum atomic E-state index is -0.161. The highest BCUT2D eigenvalue weighted by molar-refractivity contribution is 7.22. The lowest BCUT2D eigenvalue weighted by Crippen LogP contribution is -2.05. The van der Waals surface area contributed by atoms with Crippen LogP contribution >= 0.6 is 11.3 Å². The number of thiazole rings is 1. The summed E-state index contributed by atoms with van der Waals surface area (Å²) in [6.07, 6.45) is 0.630. The summed E-state index contributed by atoms with van der Waals surface area (Å²) >= 11 is 1.55. The molecule has 0 atom stereocenters. The van der Waals surface area contributed by atoms with E-state index in [0.717, 1.165) is 21.0 Å². The van der Waals surface area contributed by atoms with Crippen molar-refractivity contribution in [2.24, 2.45) is 0 Å². The Morgan fingerprint density at radius 3 is 2.90 bits per heavy atom. The Kier molecular flexibility index (Phi) is 3.52. The molecule has 0 spiro atoms. The number of benzene rings is 2. The quantitative estimate of drug-likeness (QED) is 0.720. The lowest BCUT2D eigenvalue weighted by atomic mass is 10.1. The summed E-state index contributed by atoms with van der Waals surface area (Å²) in [6.45, 7) is 0.649. The van der Waals surface area contributed by atoms with Gasteiger partial charge in [0.25, 0.3) is 0 Å². The molecule has 0 unspecified atom stereocenters. The van der Waals surface area contributed by atoms with Crippen LogP contribution in [0.25, 0.3) is 10.2 Å². The maximum Gasteiger partial charge on any atom is 0.183 e. The molecule has 1 aromatic heterocycles. The van der Waals surface area contributed by atoms with Crippen LogP contribution in [0.5, 0.6) is 0 Å². The Labute approximate surface area is 120 Å². The summed E-state index contributed by atoms with van der Waals surface area (Å²) in [7, 11) is 0. The second-order valence-electron chi connectivity index (χ2n) is 4.51. The molecule has 3 aromatic rings. The van der Waals surface area contributed by atoms with E-state index in [1.165, 1.54) is 6.07 Å². The maximum absolute atomic E-state index is 13.5. The zero-order chi connectivity index (χ0) is 13.9. The Bertz CT molecular complexity index is 739. The Balaban J connectivity index is 1.67. The average molecular weight is 287 g/mol. The summed E-state index contributed by atoms with van der Waals surface area (Å²) < 4.78 is 14.5. The van der Waals surface area contributed by atoms with E-state index in [2.05, 4.69) is 10.3 Å². The summed E-state index contributed by atoms with van der Waals surface area (Å²) in [5.74, 6) is -0.161. The fourth-order valence-corrected chi connectivity index (χ4v) is 2.96. The van der Waals surface area contributed by atoms with Gasteiger partial charge in [0.2, 0.25) is 0 Å². The molecule has 0 fully saturated rings. The number of anilines is 2. The first-order valence-corrected chi connectivity index (χ1v) is 7.17. The third kappa shape index (κ3) is 2.72. The van der Waals surface area contributed by atoms with Crippen molar-refractivity contribution in [2.45, 2.75) is 6.42 Å². The van der Waals surface area contributed by atoms with Crippen molar-refractivity contribution in [3.05, 3.63) is 53.8 Å². The number of hydrogen-bond donors (Lipinski definition) is 2. The summed E-state index contributed by atoms with van der Waals surface area (Å²) in [5, 5.41) is 4.06. The van der Waals surface area contributed by atoms with Gasteiger partial charge in [-0.15, -0.1) is 0 Å². The topological polar surface area (TPSA) is 50.9 Å². The molecular weight excluding hydrogens is 273 g/mol. The largest absolute Gasteiger partial charge is 0.399 e. The number of aromatic nitrogens is 1. The van der Waals surface area contributed by atoms with Crippen LogP contribution < -0.4 is 11.1 Å². The third-order valence-electron chi connectivity index (χ3n) is 3.04. The van der Waals surface area contributed by atoms with Crippen molar-refractivity contribution in [3.8, 4) is 0 Å². The van der Waals surface area contributed by atoms with Crippen LogP contribution in [-0.2, 0) is 6.42 Å². The highest BCUT2D eigenvalue weighted by Gasteiger charge is 2.04. The van der Waals surface area contributed by atoms with E-state index in [1.807, 2.05) is 24.3 Å². The summed E-state index contributed by atoms with van der Waals surface area (Å²) in [6, 6.07) is 12.5. The lowest BCUT2D eigenvalue weighted by Gasteiger charge is -2.03. The Hall–Kier alpha value is -2.14. The second-order valence-corrected chi connectivity index (χ2v) is 5.55. The maximum atomic E-state index is 13.5. The predicted molar refractivity (Wildman–Crippen MR) is 82.6 cm³/mol. The van der Waals surface area contributed by atoms with Gasteiger partial charge in [-0.25, -0.2) is 9.37 Å². The smallest absolute Gasteiger partial charge is 0.183 e. The van der Waals surface area contributed by atoms with Crippen molar-refractivity contribution in [3.63, 3.8) is 0 Å². The molecule has 0 bridgehead atoms. The van der Waals surface area contributed by atoms with Gasteiger partial charge in [-0.2, -0.15) is 0 Å². The number of rotatable bonds is 4. The van der Waals surface area contributed by atoms with E-state index in [0.29, 0.717) is 18.5 Å². The van der Waals surface area contributed by atoms with Gasteiger partial charge in [0.05, 0.1) is 10.2 Å². The zero-order valence-electron chi connectivity index (χ0n) is 10.8. The van der Waals surface area contributed by atoms with Crippen LogP contribution in [0.3, 0.4) is 0 Å². The predicted octanol–water partition coefficient (Wildman–Crippen LogP) is 3.67. The van der Waals surface area contributed by atoms with Crippen LogP contribution in [0, 0.1) is 5.82 Å². The highest BCUT2D eigenvalue weighted by Crippen LogP contribution is 2.27. The van der Waals surface area contributed by atoms with Crippen LogP contribution in [0.1, 0.15) is 5.56 Å². The van der Waals surface area contributed by atoms with Gasteiger partial charge in [-0.3, -0.25) is 0 Å². The first-order chi connectivity index (χ1) is 9.72. The lowest BCUT2D eigenvalue weighted by molar-refractivity contribution is 0.610. The van der Waals surface area contributed by atoms with Gasteiger partial charge in [0.15, 0.2) is 5.13 Å². The molecule has 3 rings (SSSR count). The molecule has 2 aromatic carbocycles. The number of nitrogen functional groups attached to an aromatic ring is 1. The van der Waals surface area contributed by atoms with Gasteiger partial charge in [-0.05, 0) is 36.2 Å². The van der Waals surface area contributed by atoms with E-state index in [-0.39, 0.29) is 5.82 Å². The molecule has 3 N–H and O–H groups in total. The first kappa shape index (κ1) is 12.9. The van der Waals surface area contributed by atoms with E-state index in [1.54, 1.807) is 23.5 Å². The molecule has 20 heavy (non-hydrogen) atoms. The molecule has 0 aliphatic carbocycles. The van der Waals surface area contributed by atoms with Gasteiger partial charge in [0, 0.05) is 12.2 Å². The molecular formula is C15H14FN3S. The van der Waals surface area contributed by atoms with Crippen molar-refractivity contribution < 1.29 is 4.39 Å². The molecule has 0 saturated heterocycles. The summed E-state index contributed by atoms with van der Waals surface area (Å²) in [4.78, 5) is 4.47. The van der Waals surface area contributed by atoms with E-state index >= 15 is 0 Å². The van der Waals surface area contributed by atoms with Crippen molar-refractivity contribution >= 4 is 32.4 Å². The first-order valence-electron chi connectivity index (χ1n) is 6.36. The molecule has 102 valence electrons. The highest BCUT2D eigenvalue weighted by atomic mass is 32.1. The molecule has 0 aliphatic rings. The molecule has 0 amide bonds. The third-order valence-corrected chi connectivity index (χ3v) is 4.02. The van der Waals surface area contributed by atoms with Gasteiger partial charge in [-0.1, -0.05) is 29.5 Å². The Morgan fingerprint density at radius 1 is 1.20 bits per heavy atom. The minimum Gasteiger partial charge on any atom is -0.399 e. The number of fused-ring (bicyclic) bond motifs is 1. The van der Waals surface area contributed by atoms with Crippen molar-refractivity contribution in [1.82, 2.24) is 4.98 Å². The summed E-state index contributed by atoms with van der Waals surface area (Å²) in [5.41, 5.74) is 8.12. The number of nitrogens with one attached hydrogen (secondary N) is 1. The molecule has 1 heterocycles. The van der Waals surface area contributed by atoms with Crippen LogP contribution in [0.2, 0.25) is 0 Å². The van der Waals surface area contributed by atoms with Gasteiger partial charge < -0.3 is 11.1 Å². The Morgan fingerprint density at radius 2 is 2.05 bits per heavy atom. The van der Waals surface area contributed by atoms with Gasteiger partial charge in [0.1, 0.15) is 5.82 Å².